The molecule has 3 aromatic rings. The highest BCUT2D eigenvalue weighted by Gasteiger charge is 2.26. The van der Waals surface area contributed by atoms with Crippen molar-refractivity contribution in [3.8, 4) is 0 Å². The van der Waals surface area contributed by atoms with Crippen LogP contribution in [0.15, 0.2) is 30.7 Å². The Balaban J connectivity index is 1.48. The number of hydrogen-bond acceptors (Lipinski definition) is 3. The van der Waals surface area contributed by atoms with E-state index < -0.39 is 0 Å². The minimum atomic E-state index is 0.102. The quantitative estimate of drug-likeness (QED) is 0.788. The molecule has 1 amide bonds. The maximum absolute atomic E-state index is 12.8. The Kier molecular flexibility index (Phi) is 3.59. The highest BCUT2D eigenvalue weighted by atomic mass is 16.2. The number of H-pyrrole nitrogens is 1. The van der Waals surface area contributed by atoms with Crippen molar-refractivity contribution in [2.24, 2.45) is 7.05 Å². The number of nitrogens with one attached hydrogen (secondary N) is 1. The van der Waals surface area contributed by atoms with Crippen LogP contribution in [0.3, 0.4) is 0 Å². The third-order valence-electron chi connectivity index (χ3n) is 5.06. The fourth-order valence-electron chi connectivity index (χ4n) is 3.62. The van der Waals surface area contributed by atoms with E-state index in [4.69, 9.17) is 0 Å². The van der Waals surface area contributed by atoms with Gasteiger partial charge >= 0.3 is 0 Å². The molecule has 0 unspecified atom stereocenters. The van der Waals surface area contributed by atoms with Crippen molar-refractivity contribution >= 4 is 16.9 Å². The summed E-state index contributed by atoms with van der Waals surface area (Å²) in [5.41, 5.74) is 5.06. The lowest BCUT2D eigenvalue weighted by Crippen LogP contribution is -2.38. The maximum atomic E-state index is 12.8. The standard InChI is InChI=1S/C18H21N5O/c1-12-15(10-20-21-12)13-5-7-23(8-6-13)18(24)14-3-4-17-16(9-14)19-11-22(17)2/h3-4,9-11,13H,5-8H2,1-2H3,(H,20,21). The van der Waals surface area contributed by atoms with Crippen LogP contribution in [0.1, 0.15) is 40.4 Å². The molecule has 0 atom stereocenters. The summed E-state index contributed by atoms with van der Waals surface area (Å²) in [6, 6.07) is 5.76. The van der Waals surface area contributed by atoms with Gasteiger partial charge in [0.05, 0.1) is 23.6 Å². The lowest BCUT2D eigenvalue weighted by Gasteiger charge is -2.32. The molecule has 6 heteroatoms. The first-order valence-corrected chi connectivity index (χ1v) is 8.33. The van der Waals surface area contributed by atoms with E-state index in [1.54, 1.807) is 6.33 Å². The van der Waals surface area contributed by atoms with Crippen molar-refractivity contribution in [2.45, 2.75) is 25.7 Å². The second-order valence-corrected chi connectivity index (χ2v) is 6.58. The Labute approximate surface area is 140 Å². The largest absolute Gasteiger partial charge is 0.339 e. The lowest BCUT2D eigenvalue weighted by atomic mass is 9.89. The molecule has 0 spiro atoms. The van der Waals surface area contributed by atoms with E-state index in [0.29, 0.717) is 5.92 Å². The number of nitrogens with zero attached hydrogens (tertiary/aromatic N) is 4. The lowest BCUT2D eigenvalue weighted by molar-refractivity contribution is 0.0713. The van der Waals surface area contributed by atoms with Gasteiger partial charge in [-0.05, 0) is 49.4 Å². The first kappa shape index (κ1) is 14.9. The second kappa shape index (κ2) is 5.78. The van der Waals surface area contributed by atoms with E-state index in [1.807, 2.05) is 40.9 Å². The van der Waals surface area contributed by atoms with Crippen LogP contribution >= 0.6 is 0 Å². The molecule has 0 aliphatic carbocycles. The predicted molar refractivity (Wildman–Crippen MR) is 91.9 cm³/mol. The van der Waals surface area contributed by atoms with Crippen LogP contribution in [-0.4, -0.2) is 43.6 Å². The Bertz CT molecular complexity index is 886. The summed E-state index contributed by atoms with van der Waals surface area (Å²) in [4.78, 5) is 19.1. The molecule has 0 saturated carbocycles. The Morgan fingerprint density at radius 2 is 2.08 bits per heavy atom. The molecule has 1 aromatic carbocycles. The van der Waals surface area contributed by atoms with Gasteiger partial charge in [-0.2, -0.15) is 5.10 Å². The summed E-state index contributed by atoms with van der Waals surface area (Å²) < 4.78 is 1.96. The van der Waals surface area contributed by atoms with E-state index in [1.165, 1.54) is 5.56 Å². The average Bonchev–Trinajstić information content (AvgIpc) is 3.20. The van der Waals surface area contributed by atoms with Crippen LogP contribution in [0.25, 0.3) is 11.0 Å². The average molecular weight is 323 g/mol. The van der Waals surface area contributed by atoms with E-state index >= 15 is 0 Å². The second-order valence-electron chi connectivity index (χ2n) is 6.58. The molecule has 1 aliphatic rings. The molecule has 2 aromatic heterocycles. The van der Waals surface area contributed by atoms with Gasteiger partial charge in [-0.3, -0.25) is 9.89 Å². The number of carbonyl (C=O) groups excluding carboxylic acids is 1. The molecular weight excluding hydrogens is 302 g/mol. The van der Waals surface area contributed by atoms with Gasteiger partial charge in [-0.25, -0.2) is 4.98 Å². The van der Waals surface area contributed by atoms with Gasteiger partial charge < -0.3 is 9.47 Å². The normalized spacial score (nSPS) is 16.0. The van der Waals surface area contributed by atoms with E-state index in [-0.39, 0.29) is 5.91 Å². The maximum Gasteiger partial charge on any atom is 0.253 e. The van der Waals surface area contributed by atoms with Gasteiger partial charge in [0.15, 0.2) is 0 Å². The zero-order chi connectivity index (χ0) is 16.7. The number of aromatic amines is 1. The zero-order valence-corrected chi connectivity index (χ0v) is 14.0. The minimum Gasteiger partial charge on any atom is -0.339 e. The number of imidazole rings is 1. The number of benzene rings is 1. The van der Waals surface area contributed by atoms with Crippen LogP contribution in [-0.2, 0) is 7.05 Å². The third-order valence-corrected chi connectivity index (χ3v) is 5.06. The topological polar surface area (TPSA) is 66.8 Å². The number of hydrogen-bond donors (Lipinski definition) is 1. The van der Waals surface area contributed by atoms with Crippen LogP contribution in [0.2, 0.25) is 0 Å². The highest BCUT2D eigenvalue weighted by molar-refractivity contribution is 5.97. The van der Waals surface area contributed by atoms with Crippen molar-refractivity contribution in [3.63, 3.8) is 0 Å². The number of carbonyl (C=O) groups is 1. The molecule has 0 radical (unpaired) electrons. The molecule has 3 heterocycles. The smallest absolute Gasteiger partial charge is 0.253 e. The molecule has 1 N–H and O–H groups in total. The van der Waals surface area contributed by atoms with Gasteiger partial charge in [0.1, 0.15) is 0 Å². The van der Waals surface area contributed by atoms with Crippen LogP contribution in [0, 0.1) is 6.92 Å². The fourth-order valence-corrected chi connectivity index (χ4v) is 3.62. The molecule has 0 bridgehead atoms. The van der Waals surface area contributed by atoms with Gasteiger partial charge in [0.25, 0.3) is 5.91 Å². The van der Waals surface area contributed by atoms with Gasteiger partial charge in [-0.15, -0.1) is 0 Å². The summed E-state index contributed by atoms with van der Waals surface area (Å²) in [5.74, 6) is 0.594. The Hall–Kier alpha value is -2.63. The third kappa shape index (κ3) is 2.48. The molecule has 1 fully saturated rings. The molecule has 4 rings (SSSR count). The fraction of sp³-hybridized carbons (Fsp3) is 0.389. The van der Waals surface area contributed by atoms with Crippen molar-refractivity contribution in [1.82, 2.24) is 24.6 Å². The molecular formula is C18H21N5O. The van der Waals surface area contributed by atoms with Crippen LogP contribution < -0.4 is 0 Å². The number of amides is 1. The van der Waals surface area contributed by atoms with Gasteiger partial charge in [0.2, 0.25) is 0 Å². The Morgan fingerprint density at radius 3 is 2.79 bits per heavy atom. The number of aryl methyl sites for hydroxylation is 2. The number of fused-ring (bicyclic) bond motifs is 1. The molecule has 1 saturated heterocycles. The van der Waals surface area contributed by atoms with Gasteiger partial charge in [0, 0.05) is 31.4 Å². The van der Waals surface area contributed by atoms with E-state index in [2.05, 4.69) is 22.1 Å². The summed E-state index contributed by atoms with van der Waals surface area (Å²) in [6.07, 6.45) is 5.67. The van der Waals surface area contributed by atoms with Crippen molar-refractivity contribution in [3.05, 3.63) is 47.5 Å². The molecule has 1 aliphatic heterocycles. The van der Waals surface area contributed by atoms with Crippen molar-refractivity contribution in [1.29, 1.82) is 0 Å². The van der Waals surface area contributed by atoms with Crippen molar-refractivity contribution < 1.29 is 4.79 Å². The van der Waals surface area contributed by atoms with Crippen molar-refractivity contribution in [2.75, 3.05) is 13.1 Å². The summed E-state index contributed by atoms with van der Waals surface area (Å²) in [7, 11) is 1.96. The molecule has 24 heavy (non-hydrogen) atoms. The molecule has 124 valence electrons. The predicted octanol–water partition coefficient (Wildman–Crippen LogP) is 2.62. The number of likely N-dealkylation sites (tertiary alicyclic amines) is 1. The SMILES string of the molecule is Cc1[nH]ncc1C1CCN(C(=O)c2ccc3c(c2)ncn3C)CC1. The van der Waals surface area contributed by atoms with Crippen LogP contribution in [0.5, 0.6) is 0 Å². The van der Waals surface area contributed by atoms with Gasteiger partial charge in [-0.1, -0.05) is 0 Å². The monoisotopic (exact) mass is 323 g/mol. The number of rotatable bonds is 2. The summed E-state index contributed by atoms with van der Waals surface area (Å²) in [5, 5.41) is 7.12. The Morgan fingerprint density at radius 1 is 1.29 bits per heavy atom. The van der Waals surface area contributed by atoms with E-state index in [0.717, 1.165) is 48.2 Å². The minimum absolute atomic E-state index is 0.102. The summed E-state index contributed by atoms with van der Waals surface area (Å²) in [6.45, 7) is 3.63. The van der Waals surface area contributed by atoms with Crippen LogP contribution in [0.4, 0.5) is 0 Å². The van der Waals surface area contributed by atoms with E-state index in [9.17, 15) is 4.79 Å². The summed E-state index contributed by atoms with van der Waals surface area (Å²) >= 11 is 0. The highest BCUT2D eigenvalue weighted by Crippen LogP contribution is 2.30. The number of aromatic nitrogens is 4. The zero-order valence-electron chi connectivity index (χ0n) is 14.0. The number of piperidine rings is 1. The first-order valence-electron chi connectivity index (χ1n) is 8.33. The first-order chi connectivity index (χ1) is 11.6. The molecule has 6 nitrogen and oxygen atoms in total.